The maximum absolute atomic E-state index is 11.4. The lowest BCUT2D eigenvalue weighted by Crippen LogP contribution is -2.05. The largest absolute Gasteiger partial charge is 0.494 e. The van der Waals surface area contributed by atoms with Gasteiger partial charge in [-0.05, 0) is 95.8 Å². The molecule has 1 heterocycles. The quantitative estimate of drug-likeness (QED) is 0.0893. The Morgan fingerprint density at radius 3 is 1.85 bits per heavy atom. The van der Waals surface area contributed by atoms with E-state index in [0.29, 0.717) is 39.2 Å². The third-order valence-corrected chi connectivity index (χ3v) is 8.20. The monoisotopic (exact) mass is 625 g/mol. The van der Waals surface area contributed by atoms with E-state index in [1.807, 2.05) is 60.7 Å². The summed E-state index contributed by atoms with van der Waals surface area (Å²) in [7, 11) is 1.40. The highest BCUT2D eigenvalue weighted by Crippen LogP contribution is 2.37. The van der Waals surface area contributed by atoms with Gasteiger partial charge in [-0.3, -0.25) is 4.79 Å². The fourth-order valence-corrected chi connectivity index (χ4v) is 5.70. The van der Waals surface area contributed by atoms with E-state index in [0.717, 1.165) is 56.1 Å². The maximum Gasteiger partial charge on any atom is 0.305 e. The Labute approximate surface area is 276 Å². The Morgan fingerprint density at radius 2 is 1.21 bits per heavy atom. The van der Waals surface area contributed by atoms with Crippen LogP contribution in [0.2, 0.25) is 0 Å². The summed E-state index contributed by atoms with van der Waals surface area (Å²) in [6.07, 6.45) is 0.954. The smallest absolute Gasteiger partial charge is 0.305 e. The molecule has 0 N–H and O–H groups in total. The molecule has 0 aliphatic carbocycles. The molecule has 0 amide bonds. The molecule has 0 radical (unpaired) electrons. The third kappa shape index (κ3) is 8.03. The predicted molar refractivity (Wildman–Crippen MR) is 186 cm³/mol. The van der Waals surface area contributed by atoms with E-state index in [1.165, 1.54) is 12.7 Å². The van der Waals surface area contributed by atoms with Crippen LogP contribution in [-0.4, -0.2) is 24.3 Å². The molecule has 0 saturated heterocycles. The van der Waals surface area contributed by atoms with Gasteiger partial charge >= 0.3 is 5.97 Å². The standard InChI is InChI=1S/C41H39NO5/c1-30-38-26-37(47-29-33-12-7-4-8-13-33)23-24-39(38)42(27-31-15-19-35(20-16-31)45-25-9-14-40(43)44-2)41(30)34-17-21-36(22-18-34)46-28-32-10-5-3-6-11-32/h3-8,10-13,15-24,26H,9,14,25,27-29H2,1-2H3. The summed E-state index contributed by atoms with van der Waals surface area (Å²) in [4.78, 5) is 11.4. The summed E-state index contributed by atoms with van der Waals surface area (Å²) < 4.78 is 25.2. The Kier molecular flexibility index (Phi) is 10.2. The van der Waals surface area contributed by atoms with Crippen molar-refractivity contribution in [2.75, 3.05) is 13.7 Å². The van der Waals surface area contributed by atoms with E-state index < -0.39 is 0 Å². The summed E-state index contributed by atoms with van der Waals surface area (Å²) >= 11 is 0. The van der Waals surface area contributed by atoms with E-state index in [-0.39, 0.29) is 5.97 Å². The van der Waals surface area contributed by atoms with Gasteiger partial charge in [-0.1, -0.05) is 72.8 Å². The molecule has 0 bridgehead atoms. The summed E-state index contributed by atoms with van der Waals surface area (Å²) in [6.45, 7) is 4.36. The SMILES string of the molecule is COC(=O)CCCOc1ccc(Cn2c(-c3ccc(OCc4ccccc4)cc3)c(C)c3cc(OCc4ccccc4)ccc32)cc1. The van der Waals surface area contributed by atoms with Gasteiger partial charge in [0, 0.05) is 23.9 Å². The van der Waals surface area contributed by atoms with Crippen LogP contribution in [0.1, 0.15) is 35.1 Å². The van der Waals surface area contributed by atoms with Crippen LogP contribution in [0.5, 0.6) is 17.2 Å². The third-order valence-electron chi connectivity index (χ3n) is 8.20. The van der Waals surface area contributed by atoms with Crippen LogP contribution >= 0.6 is 0 Å². The summed E-state index contributed by atoms with van der Waals surface area (Å²) in [5.74, 6) is 2.22. The van der Waals surface area contributed by atoms with Gasteiger partial charge in [0.2, 0.25) is 0 Å². The molecule has 6 heteroatoms. The number of carbonyl (C=O) groups is 1. The molecule has 0 unspecified atom stereocenters. The van der Waals surface area contributed by atoms with Crippen LogP contribution in [-0.2, 0) is 29.3 Å². The number of fused-ring (bicyclic) bond motifs is 1. The minimum Gasteiger partial charge on any atom is -0.494 e. The second-order valence-electron chi connectivity index (χ2n) is 11.5. The first-order valence-corrected chi connectivity index (χ1v) is 15.9. The normalized spacial score (nSPS) is 10.9. The molecule has 47 heavy (non-hydrogen) atoms. The van der Waals surface area contributed by atoms with Crippen LogP contribution in [0.3, 0.4) is 0 Å². The van der Waals surface area contributed by atoms with Crippen molar-refractivity contribution in [3.05, 3.63) is 150 Å². The number of ether oxygens (including phenoxy) is 4. The number of esters is 1. The second kappa shape index (κ2) is 15.2. The fourth-order valence-electron chi connectivity index (χ4n) is 5.70. The number of aromatic nitrogens is 1. The van der Waals surface area contributed by atoms with E-state index in [2.05, 4.69) is 78.2 Å². The highest BCUT2D eigenvalue weighted by atomic mass is 16.5. The summed E-state index contributed by atoms with van der Waals surface area (Å²) in [6, 6.07) is 43.3. The van der Waals surface area contributed by atoms with Crippen molar-refractivity contribution >= 4 is 16.9 Å². The Bertz CT molecular complexity index is 1900. The number of methoxy groups -OCH3 is 1. The number of nitrogens with zero attached hydrogens (tertiary/aromatic N) is 1. The number of hydrogen-bond donors (Lipinski definition) is 0. The molecule has 0 spiro atoms. The zero-order chi connectivity index (χ0) is 32.4. The van der Waals surface area contributed by atoms with Crippen molar-refractivity contribution in [2.45, 2.75) is 39.5 Å². The van der Waals surface area contributed by atoms with Crippen molar-refractivity contribution < 1.29 is 23.7 Å². The van der Waals surface area contributed by atoms with Gasteiger partial charge in [0.15, 0.2) is 0 Å². The minimum absolute atomic E-state index is 0.224. The summed E-state index contributed by atoms with van der Waals surface area (Å²) in [5.41, 5.74) is 8.01. The zero-order valence-electron chi connectivity index (χ0n) is 26.9. The van der Waals surface area contributed by atoms with Crippen LogP contribution in [0.4, 0.5) is 0 Å². The van der Waals surface area contributed by atoms with Crippen LogP contribution in [0.15, 0.2) is 127 Å². The summed E-state index contributed by atoms with van der Waals surface area (Å²) in [5, 5.41) is 1.15. The molecule has 238 valence electrons. The number of aryl methyl sites for hydroxylation is 1. The molecule has 6 rings (SSSR count). The van der Waals surface area contributed by atoms with Gasteiger partial charge < -0.3 is 23.5 Å². The molecule has 6 aromatic rings. The van der Waals surface area contributed by atoms with Crippen molar-refractivity contribution in [3.8, 4) is 28.5 Å². The Morgan fingerprint density at radius 1 is 0.638 bits per heavy atom. The lowest BCUT2D eigenvalue weighted by molar-refractivity contribution is -0.140. The molecular formula is C41H39NO5. The van der Waals surface area contributed by atoms with E-state index in [1.54, 1.807) is 0 Å². The zero-order valence-corrected chi connectivity index (χ0v) is 26.9. The molecule has 0 aliphatic heterocycles. The lowest BCUT2D eigenvalue weighted by atomic mass is 10.1. The molecule has 0 saturated carbocycles. The van der Waals surface area contributed by atoms with Crippen molar-refractivity contribution in [3.63, 3.8) is 0 Å². The van der Waals surface area contributed by atoms with Crippen molar-refractivity contribution in [1.29, 1.82) is 0 Å². The Balaban J connectivity index is 1.25. The number of hydrogen-bond acceptors (Lipinski definition) is 5. The average molecular weight is 626 g/mol. The maximum atomic E-state index is 11.4. The van der Waals surface area contributed by atoms with Gasteiger partial charge in [0.25, 0.3) is 0 Å². The number of rotatable bonds is 14. The topological polar surface area (TPSA) is 58.9 Å². The molecule has 0 atom stereocenters. The van der Waals surface area contributed by atoms with Crippen molar-refractivity contribution in [2.24, 2.45) is 0 Å². The molecule has 0 aliphatic rings. The van der Waals surface area contributed by atoms with E-state index in [9.17, 15) is 4.79 Å². The second-order valence-corrected chi connectivity index (χ2v) is 11.5. The van der Waals surface area contributed by atoms with Gasteiger partial charge in [0.05, 0.1) is 19.4 Å². The van der Waals surface area contributed by atoms with E-state index >= 15 is 0 Å². The average Bonchev–Trinajstić information content (AvgIpc) is 3.39. The fraction of sp³-hybridized carbons (Fsp3) is 0.195. The highest BCUT2D eigenvalue weighted by molar-refractivity contribution is 5.92. The first-order chi connectivity index (χ1) is 23.1. The Hall–Kier alpha value is -5.49. The lowest BCUT2D eigenvalue weighted by Gasteiger charge is -2.14. The van der Waals surface area contributed by atoms with Gasteiger partial charge in [-0.2, -0.15) is 0 Å². The van der Waals surface area contributed by atoms with Gasteiger partial charge in [0.1, 0.15) is 30.5 Å². The highest BCUT2D eigenvalue weighted by Gasteiger charge is 2.18. The van der Waals surface area contributed by atoms with Crippen LogP contribution < -0.4 is 14.2 Å². The van der Waals surface area contributed by atoms with Crippen molar-refractivity contribution in [1.82, 2.24) is 4.57 Å². The van der Waals surface area contributed by atoms with Gasteiger partial charge in [-0.15, -0.1) is 0 Å². The molecule has 5 aromatic carbocycles. The molecule has 6 nitrogen and oxygen atoms in total. The molecule has 0 fully saturated rings. The van der Waals surface area contributed by atoms with Crippen LogP contribution in [0.25, 0.3) is 22.2 Å². The molecule has 1 aromatic heterocycles. The number of benzene rings is 5. The van der Waals surface area contributed by atoms with Gasteiger partial charge in [-0.25, -0.2) is 0 Å². The first kappa shape index (κ1) is 31.5. The minimum atomic E-state index is -0.224. The number of carbonyl (C=O) groups excluding carboxylic acids is 1. The van der Waals surface area contributed by atoms with E-state index in [4.69, 9.17) is 18.9 Å². The molecular weight excluding hydrogens is 586 g/mol. The predicted octanol–water partition coefficient (Wildman–Crippen LogP) is 9.16. The first-order valence-electron chi connectivity index (χ1n) is 15.9. The van der Waals surface area contributed by atoms with Crippen LogP contribution in [0, 0.1) is 6.92 Å².